The minimum atomic E-state index is -0.813. The third-order valence-electron chi connectivity index (χ3n) is 3.16. The van der Waals surface area contributed by atoms with E-state index >= 15 is 0 Å². The first-order valence-electron chi connectivity index (χ1n) is 6.72. The van der Waals surface area contributed by atoms with Crippen LogP contribution in [0.15, 0.2) is 24.3 Å². The fourth-order valence-electron chi connectivity index (χ4n) is 2.21. The lowest BCUT2D eigenvalue weighted by Gasteiger charge is -2.18. The minimum absolute atomic E-state index is 0.187. The SMILES string of the molecule is CCOc1ccccc1CC(C)CC(CN)C(=O)O. The van der Waals surface area contributed by atoms with E-state index < -0.39 is 11.9 Å². The third kappa shape index (κ3) is 4.91. The molecule has 0 aliphatic rings. The van der Waals surface area contributed by atoms with Gasteiger partial charge in [0.25, 0.3) is 0 Å². The van der Waals surface area contributed by atoms with Crippen molar-refractivity contribution in [3.63, 3.8) is 0 Å². The van der Waals surface area contributed by atoms with Crippen LogP contribution in [0.2, 0.25) is 0 Å². The van der Waals surface area contributed by atoms with Crippen LogP contribution in [0.25, 0.3) is 0 Å². The average Bonchev–Trinajstić information content (AvgIpc) is 2.38. The number of carboxylic acids is 1. The van der Waals surface area contributed by atoms with Crippen LogP contribution in [-0.2, 0) is 11.2 Å². The molecule has 1 aromatic carbocycles. The largest absolute Gasteiger partial charge is 0.494 e. The first-order valence-corrected chi connectivity index (χ1v) is 6.72. The van der Waals surface area contributed by atoms with Crippen LogP contribution in [-0.4, -0.2) is 24.2 Å². The van der Waals surface area contributed by atoms with Gasteiger partial charge in [-0.3, -0.25) is 4.79 Å². The first kappa shape index (κ1) is 15.5. The van der Waals surface area contributed by atoms with E-state index in [4.69, 9.17) is 15.6 Å². The monoisotopic (exact) mass is 265 g/mol. The zero-order chi connectivity index (χ0) is 14.3. The fourth-order valence-corrected chi connectivity index (χ4v) is 2.21. The van der Waals surface area contributed by atoms with Crippen molar-refractivity contribution in [2.75, 3.05) is 13.2 Å². The third-order valence-corrected chi connectivity index (χ3v) is 3.16. The smallest absolute Gasteiger partial charge is 0.307 e. The van der Waals surface area contributed by atoms with Crippen molar-refractivity contribution in [1.29, 1.82) is 0 Å². The van der Waals surface area contributed by atoms with Crippen molar-refractivity contribution < 1.29 is 14.6 Å². The molecule has 4 nitrogen and oxygen atoms in total. The summed E-state index contributed by atoms with van der Waals surface area (Å²) < 4.78 is 5.58. The summed E-state index contributed by atoms with van der Waals surface area (Å²) in [6.07, 6.45) is 1.40. The van der Waals surface area contributed by atoms with Crippen LogP contribution < -0.4 is 10.5 Å². The van der Waals surface area contributed by atoms with Gasteiger partial charge < -0.3 is 15.6 Å². The van der Waals surface area contributed by atoms with Gasteiger partial charge >= 0.3 is 5.97 Å². The molecule has 0 radical (unpaired) electrons. The standard InChI is InChI=1S/C15H23NO3/c1-3-19-14-7-5-4-6-12(14)8-11(2)9-13(10-16)15(17)18/h4-7,11,13H,3,8-10,16H2,1-2H3,(H,17,18). The van der Waals surface area contributed by atoms with Crippen LogP contribution in [0.5, 0.6) is 5.75 Å². The van der Waals surface area contributed by atoms with E-state index in [9.17, 15) is 4.79 Å². The Morgan fingerprint density at radius 3 is 2.68 bits per heavy atom. The Balaban J connectivity index is 2.65. The second-order valence-corrected chi connectivity index (χ2v) is 4.86. The molecule has 0 aliphatic carbocycles. The highest BCUT2D eigenvalue weighted by Gasteiger charge is 2.19. The molecule has 0 aliphatic heterocycles. The highest BCUT2D eigenvalue weighted by atomic mass is 16.5. The molecular formula is C15H23NO3. The Morgan fingerprint density at radius 1 is 1.42 bits per heavy atom. The molecule has 0 aromatic heterocycles. The van der Waals surface area contributed by atoms with Crippen molar-refractivity contribution in [3.8, 4) is 5.75 Å². The highest BCUT2D eigenvalue weighted by Crippen LogP contribution is 2.24. The summed E-state index contributed by atoms with van der Waals surface area (Å²) in [6, 6.07) is 7.89. The fraction of sp³-hybridized carbons (Fsp3) is 0.533. The van der Waals surface area contributed by atoms with Gasteiger partial charge in [0.05, 0.1) is 12.5 Å². The average molecular weight is 265 g/mol. The predicted octanol–water partition coefficient (Wildman–Crippen LogP) is 2.31. The molecule has 0 bridgehead atoms. The summed E-state index contributed by atoms with van der Waals surface area (Å²) in [5.74, 6) is -0.135. The molecule has 3 N–H and O–H groups in total. The van der Waals surface area contributed by atoms with Gasteiger partial charge in [0.15, 0.2) is 0 Å². The number of benzene rings is 1. The van der Waals surface area contributed by atoms with Gasteiger partial charge in [0.2, 0.25) is 0 Å². The number of rotatable bonds is 8. The summed E-state index contributed by atoms with van der Waals surface area (Å²) in [6.45, 7) is 4.82. The van der Waals surface area contributed by atoms with Gasteiger partial charge in [-0.25, -0.2) is 0 Å². The van der Waals surface area contributed by atoms with Crippen molar-refractivity contribution in [3.05, 3.63) is 29.8 Å². The van der Waals surface area contributed by atoms with Crippen LogP contribution >= 0.6 is 0 Å². The highest BCUT2D eigenvalue weighted by molar-refractivity contribution is 5.70. The van der Waals surface area contributed by atoms with Gasteiger partial charge in [0, 0.05) is 6.54 Å². The lowest BCUT2D eigenvalue weighted by atomic mass is 9.90. The molecule has 0 amide bonds. The number of aliphatic carboxylic acids is 1. The number of carbonyl (C=O) groups is 1. The second-order valence-electron chi connectivity index (χ2n) is 4.86. The Bertz CT molecular complexity index is 406. The topological polar surface area (TPSA) is 72.5 Å². The Labute approximate surface area is 114 Å². The molecule has 0 fully saturated rings. The lowest BCUT2D eigenvalue weighted by Crippen LogP contribution is -2.25. The molecule has 106 valence electrons. The molecule has 0 spiro atoms. The van der Waals surface area contributed by atoms with Gasteiger partial charge in [-0.15, -0.1) is 0 Å². The van der Waals surface area contributed by atoms with Crippen LogP contribution in [0.4, 0.5) is 0 Å². The van der Waals surface area contributed by atoms with Crippen LogP contribution in [0.1, 0.15) is 25.8 Å². The number of carboxylic acid groups (broad SMARTS) is 1. The summed E-state index contributed by atoms with van der Waals surface area (Å²) in [5, 5.41) is 9.02. The molecule has 0 saturated heterocycles. The van der Waals surface area contributed by atoms with E-state index in [1.54, 1.807) is 0 Å². The summed E-state index contributed by atoms with van der Waals surface area (Å²) in [5.41, 5.74) is 6.61. The zero-order valence-corrected chi connectivity index (χ0v) is 11.6. The lowest BCUT2D eigenvalue weighted by molar-refractivity contribution is -0.141. The van der Waals surface area contributed by atoms with Crippen molar-refractivity contribution in [2.45, 2.75) is 26.7 Å². The number of hydrogen-bond donors (Lipinski definition) is 2. The molecule has 0 heterocycles. The zero-order valence-electron chi connectivity index (χ0n) is 11.6. The Morgan fingerprint density at radius 2 is 2.11 bits per heavy atom. The van der Waals surface area contributed by atoms with Crippen molar-refractivity contribution in [2.24, 2.45) is 17.6 Å². The number of ether oxygens (including phenoxy) is 1. The van der Waals surface area contributed by atoms with Crippen LogP contribution in [0, 0.1) is 11.8 Å². The summed E-state index contributed by atoms with van der Waals surface area (Å²) >= 11 is 0. The Kier molecular flexibility index (Phi) is 6.36. The van der Waals surface area contributed by atoms with Gasteiger partial charge in [-0.1, -0.05) is 25.1 Å². The maximum absolute atomic E-state index is 11.0. The normalized spacial score (nSPS) is 13.8. The molecule has 19 heavy (non-hydrogen) atoms. The van der Waals surface area contributed by atoms with Crippen molar-refractivity contribution in [1.82, 2.24) is 0 Å². The number of hydrogen-bond acceptors (Lipinski definition) is 3. The predicted molar refractivity (Wildman–Crippen MR) is 75.3 cm³/mol. The molecule has 4 heteroatoms. The summed E-state index contributed by atoms with van der Waals surface area (Å²) in [7, 11) is 0. The molecule has 0 saturated carbocycles. The van der Waals surface area contributed by atoms with Gasteiger partial charge in [-0.05, 0) is 37.3 Å². The van der Waals surface area contributed by atoms with E-state index in [1.165, 1.54) is 0 Å². The first-order chi connectivity index (χ1) is 9.08. The molecule has 1 aromatic rings. The minimum Gasteiger partial charge on any atom is -0.494 e. The van der Waals surface area contributed by atoms with E-state index in [1.807, 2.05) is 38.1 Å². The summed E-state index contributed by atoms with van der Waals surface area (Å²) in [4.78, 5) is 11.0. The van der Waals surface area contributed by atoms with Crippen LogP contribution in [0.3, 0.4) is 0 Å². The molecule has 2 atom stereocenters. The van der Waals surface area contributed by atoms with Crippen molar-refractivity contribution >= 4 is 5.97 Å². The Hall–Kier alpha value is -1.55. The number of para-hydroxylation sites is 1. The maximum Gasteiger partial charge on any atom is 0.307 e. The van der Waals surface area contributed by atoms with E-state index in [2.05, 4.69) is 0 Å². The van der Waals surface area contributed by atoms with E-state index in [-0.39, 0.29) is 12.5 Å². The van der Waals surface area contributed by atoms with E-state index in [0.717, 1.165) is 17.7 Å². The molecule has 2 unspecified atom stereocenters. The second kappa shape index (κ2) is 7.79. The maximum atomic E-state index is 11.0. The number of nitrogens with two attached hydrogens (primary N) is 1. The quantitative estimate of drug-likeness (QED) is 0.756. The van der Waals surface area contributed by atoms with Gasteiger partial charge in [-0.2, -0.15) is 0 Å². The van der Waals surface area contributed by atoms with Gasteiger partial charge in [0.1, 0.15) is 5.75 Å². The molecule has 1 rings (SSSR count). The molecular weight excluding hydrogens is 242 g/mol. The van der Waals surface area contributed by atoms with E-state index in [0.29, 0.717) is 13.0 Å².